The van der Waals surface area contributed by atoms with E-state index in [4.69, 9.17) is 5.73 Å². The van der Waals surface area contributed by atoms with Crippen LogP contribution in [-0.4, -0.2) is 24.0 Å². The molecule has 0 bridgehead atoms. The Labute approximate surface area is 160 Å². The number of nitrogens with two attached hydrogens (primary N) is 1. The van der Waals surface area contributed by atoms with Crippen LogP contribution in [-0.2, 0) is 9.53 Å². The number of nitrogens with one attached hydrogen (secondary N) is 1. The van der Waals surface area contributed by atoms with Gasteiger partial charge in [-0.3, -0.25) is 4.79 Å². The van der Waals surface area contributed by atoms with Gasteiger partial charge in [0.2, 0.25) is 5.91 Å². The predicted molar refractivity (Wildman–Crippen MR) is 105 cm³/mol. The van der Waals surface area contributed by atoms with Crippen LogP contribution in [0.1, 0.15) is 27.0 Å². The lowest BCUT2D eigenvalue weighted by Gasteiger charge is -2.13. The van der Waals surface area contributed by atoms with Crippen molar-refractivity contribution in [2.45, 2.75) is 13.0 Å². The zero-order valence-electron chi connectivity index (χ0n) is 14.2. The highest BCUT2D eigenvalue weighted by molar-refractivity contribution is 7.18. The number of carbonyl (C=O) groups is 2. The van der Waals surface area contributed by atoms with Gasteiger partial charge >= 0.3 is 5.97 Å². The zero-order valence-corrected chi connectivity index (χ0v) is 15.8. The molecule has 1 heterocycles. The number of aromatic nitrogens is 1. The molecule has 1 aromatic heterocycles. The molecule has 0 saturated carbocycles. The van der Waals surface area contributed by atoms with E-state index in [1.807, 2.05) is 25.1 Å². The van der Waals surface area contributed by atoms with Crippen molar-refractivity contribution in [2.75, 3.05) is 12.4 Å². The summed E-state index contributed by atoms with van der Waals surface area (Å²) in [6, 6.07) is 11.2. The molecule has 136 valence electrons. The fourth-order valence-corrected chi connectivity index (χ4v) is 3.28. The minimum absolute atomic E-state index is 0. The second kappa shape index (κ2) is 8.27. The fraction of sp³-hybridized carbons (Fsp3) is 0.167. The fourth-order valence-electron chi connectivity index (χ4n) is 2.47. The summed E-state index contributed by atoms with van der Waals surface area (Å²) >= 11 is 1.60. The number of nitrogens with zero attached hydrogens (tertiary/aromatic N) is 1. The molecule has 0 aliphatic carbocycles. The highest BCUT2D eigenvalue weighted by Crippen LogP contribution is 2.25. The van der Waals surface area contributed by atoms with Crippen molar-refractivity contribution in [1.82, 2.24) is 4.98 Å². The van der Waals surface area contributed by atoms with Crippen molar-refractivity contribution in [2.24, 2.45) is 5.73 Å². The van der Waals surface area contributed by atoms with Crippen molar-refractivity contribution in [3.63, 3.8) is 0 Å². The van der Waals surface area contributed by atoms with Crippen LogP contribution in [0.15, 0.2) is 42.5 Å². The molecule has 3 rings (SSSR count). The van der Waals surface area contributed by atoms with E-state index in [1.54, 1.807) is 35.6 Å². The molecule has 0 spiro atoms. The number of esters is 1. The van der Waals surface area contributed by atoms with Crippen molar-refractivity contribution in [3.8, 4) is 0 Å². The van der Waals surface area contributed by atoms with Crippen LogP contribution in [0.3, 0.4) is 0 Å². The second-order valence-electron chi connectivity index (χ2n) is 5.50. The molecule has 2 aromatic carbocycles. The van der Waals surface area contributed by atoms with E-state index in [0.717, 1.165) is 15.2 Å². The van der Waals surface area contributed by atoms with Gasteiger partial charge in [0, 0.05) is 5.69 Å². The van der Waals surface area contributed by atoms with Gasteiger partial charge in [0.05, 0.1) is 27.9 Å². The Morgan fingerprint density at radius 2 is 2.00 bits per heavy atom. The molecule has 0 saturated heterocycles. The van der Waals surface area contributed by atoms with E-state index >= 15 is 0 Å². The number of hydrogen-bond donors (Lipinski definition) is 2. The number of amides is 1. The number of aryl methyl sites for hydroxylation is 1. The van der Waals surface area contributed by atoms with E-state index in [2.05, 4.69) is 15.0 Å². The Bertz CT molecular complexity index is 958. The Hall–Kier alpha value is -2.48. The van der Waals surface area contributed by atoms with Crippen LogP contribution in [0, 0.1) is 6.92 Å². The largest absolute Gasteiger partial charge is 0.465 e. The van der Waals surface area contributed by atoms with Crippen LogP contribution >= 0.6 is 23.7 Å². The number of ether oxygens (including phenoxy) is 1. The third-order valence-electron chi connectivity index (χ3n) is 3.71. The summed E-state index contributed by atoms with van der Waals surface area (Å²) in [6.07, 6.45) is 0. The number of hydrogen-bond acceptors (Lipinski definition) is 6. The highest BCUT2D eigenvalue weighted by Gasteiger charge is 2.18. The van der Waals surface area contributed by atoms with Crippen LogP contribution in [0.2, 0.25) is 0 Å². The van der Waals surface area contributed by atoms with E-state index in [-0.39, 0.29) is 18.3 Å². The van der Waals surface area contributed by atoms with Gasteiger partial charge in [0.15, 0.2) is 0 Å². The quantitative estimate of drug-likeness (QED) is 0.664. The molecule has 1 unspecified atom stereocenters. The van der Waals surface area contributed by atoms with Crippen molar-refractivity contribution >= 4 is 51.5 Å². The van der Waals surface area contributed by atoms with Crippen LogP contribution in [0.5, 0.6) is 0 Å². The summed E-state index contributed by atoms with van der Waals surface area (Å²) in [5.74, 6) is -0.841. The first-order chi connectivity index (χ1) is 12.0. The number of thiazole rings is 1. The Morgan fingerprint density at radius 3 is 2.73 bits per heavy atom. The molecule has 3 aromatic rings. The molecular formula is C18H18ClN3O3S. The van der Waals surface area contributed by atoms with Gasteiger partial charge in [-0.25, -0.2) is 9.78 Å². The minimum atomic E-state index is -0.905. The average molecular weight is 392 g/mol. The van der Waals surface area contributed by atoms with Crippen LogP contribution in [0.4, 0.5) is 5.69 Å². The number of halogens is 1. The lowest BCUT2D eigenvalue weighted by atomic mass is 10.0. The normalized spacial score (nSPS) is 11.5. The maximum Gasteiger partial charge on any atom is 0.337 e. The van der Waals surface area contributed by atoms with Crippen molar-refractivity contribution < 1.29 is 14.3 Å². The second-order valence-corrected chi connectivity index (χ2v) is 6.73. The van der Waals surface area contributed by atoms with E-state index in [1.165, 1.54) is 7.11 Å². The maximum atomic E-state index is 12.4. The monoisotopic (exact) mass is 391 g/mol. The molecule has 0 aliphatic heterocycles. The van der Waals surface area contributed by atoms with Crippen LogP contribution in [0.25, 0.3) is 10.2 Å². The first-order valence-electron chi connectivity index (χ1n) is 7.60. The third kappa shape index (κ3) is 4.19. The first-order valence-corrected chi connectivity index (χ1v) is 8.41. The van der Waals surface area contributed by atoms with Gasteiger partial charge in [0.1, 0.15) is 6.04 Å². The zero-order chi connectivity index (χ0) is 18.0. The molecule has 26 heavy (non-hydrogen) atoms. The number of carbonyl (C=O) groups excluding carboxylic acids is 2. The van der Waals surface area contributed by atoms with Gasteiger partial charge < -0.3 is 15.8 Å². The highest BCUT2D eigenvalue weighted by atomic mass is 35.5. The average Bonchev–Trinajstić information content (AvgIpc) is 2.99. The number of rotatable bonds is 4. The molecule has 1 atom stereocenters. The maximum absolute atomic E-state index is 12.4. The van der Waals surface area contributed by atoms with Gasteiger partial charge in [-0.1, -0.05) is 12.1 Å². The summed E-state index contributed by atoms with van der Waals surface area (Å²) in [4.78, 5) is 28.4. The summed E-state index contributed by atoms with van der Waals surface area (Å²) in [7, 11) is 1.30. The molecule has 0 fully saturated rings. The number of anilines is 1. The van der Waals surface area contributed by atoms with E-state index in [9.17, 15) is 9.59 Å². The molecule has 0 radical (unpaired) electrons. The predicted octanol–water partition coefficient (Wildman–Crippen LogP) is 3.45. The minimum Gasteiger partial charge on any atom is -0.465 e. The Kier molecular flexibility index (Phi) is 6.31. The summed E-state index contributed by atoms with van der Waals surface area (Å²) in [6.45, 7) is 1.94. The molecule has 3 N–H and O–H groups in total. The lowest BCUT2D eigenvalue weighted by molar-refractivity contribution is -0.117. The Morgan fingerprint density at radius 1 is 1.23 bits per heavy atom. The van der Waals surface area contributed by atoms with E-state index in [0.29, 0.717) is 16.8 Å². The summed E-state index contributed by atoms with van der Waals surface area (Å²) in [5, 5.41) is 3.76. The molecule has 6 nitrogen and oxygen atoms in total. The smallest absolute Gasteiger partial charge is 0.337 e. The lowest BCUT2D eigenvalue weighted by Crippen LogP contribution is -2.27. The standard InChI is InChI=1S/C18H17N3O3S.ClH/c1-10-20-14-9-13(6-7-15(14)25-10)21-17(22)16(19)11-4-3-5-12(8-11)18(23)24-2;/h3-9,16H,19H2,1-2H3,(H,21,22);1H. The van der Waals surface area contributed by atoms with Gasteiger partial charge in [-0.15, -0.1) is 23.7 Å². The van der Waals surface area contributed by atoms with Gasteiger partial charge in [-0.05, 0) is 42.8 Å². The van der Waals surface area contributed by atoms with Crippen molar-refractivity contribution in [1.29, 1.82) is 0 Å². The molecule has 0 aliphatic rings. The molecule has 1 amide bonds. The van der Waals surface area contributed by atoms with Gasteiger partial charge in [0.25, 0.3) is 0 Å². The topological polar surface area (TPSA) is 94.3 Å². The van der Waals surface area contributed by atoms with E-state index < -0.39 is 12.0 Å². The van der Waals surface area contributed by atoms with Crippen molar-refractivity contribution in [3.05, 3.63) is 58.6 Å². The molecular weight excluding hydrogens is 374 g/mol. The third-order valence-corrected chi connectivity index (χ3v) is 4.66. The molecule has 8 heteroatoms. The number of fused-ring (bicyclic) bond motifs is 1. The number of methoxy groups -OCH3 is 1. The van der Waals surface area contributed by atoms with Crippen LogP contribution < -0.4 is 11.1 Å². The SMILES string of the molecule is COC(=O)c1cccc(C(N)C(=O)Nc2ccc3sc(C)nc3c2)c1.Cl. The first kappa shape index (κ1) is 19.8. The number of benzene rings is 2. The summed E-state index contributed by atoms with van der Waals surface area (Å²) in [5.41, 5.74) is 8.38. The Balaban J connectivity index is 0.00000243. The van der Waals surface area contributed by atoms with Gasteiger partial charge in [-0.2, -0.15) is 0 Å². The summed E-state index contributed by atoms with van der Waals surface area (Å²) < 4.78 is 5.74.